The van der Waals surface area contributed by atoms with E-state index in [-0.39, 0.29) is 5.91 Å². The zero-order chi connectivity index (χ0) is 15.5. The van der Waals surface area contributed by atoms with Gasteiger partial charge in [0.2, 0.25) is 0 Å². The third-order valence-corrected chi connectivity index (χ3v) is 3.57. The minimum Gasteiger partial charge on any atom is -0.380 e. The summed E-state index contributed by atoms with van der Waals surface area (Å²) in [6, 6.07) is 13.1. The van der Waals surface area contributed by atoms with Crippen LogP contribution in [-0.2, 0) is 11.3 Å². The van der Waals surface area contributed by atoms with Gasteiger partial charge in [0.15, 0.2) is 0 Å². The lowest BCUT2D eigenvalue weighted by molar-refractivity contribution is 0.102. The van der Waals surface area contributed by atoms with Crippen LogP contribution in [0.4, 0.5) is 5.69 Å². The van der Waals surface area contributed by atoms with Crippen LogP contribution < -0.4 is 5.32 Å². The smallest absolute Gasteiger partial charge is 0.256 e. The van der Waals surface area contributed by atoms with E-state index in [1.807, 2.05) is 43.3 Å². The average Bonchev–Trinajstić information content (AvgIpc) is 2.89. The van der Waals surface area contributed by atoms with Crippen molar-refractivity contribution in [2.24, 2.45) is 0 Å². The molecule has 0 radical (unpaired) electrons. The lowest BCUT2D eigenvalue weighted by Gasteiger charge is -2.09. The molecule has 3 rings (SSSR count). The lowest BCUT2D eigenvalue weighted by atomic mass is 10.1. The molecular weight excluding hydrogens is 278 g/mol. The number of aryl methyl sites for hydroxylation is 1. The Labute approximate surface area is 128 Å². The standard InChI is InChI=1S/C17H17N3O2/c1-11-14-8-7-13(9-16(14)20-19-11)18-17(21)15-6-4-3-5-12(15)10-22-2/h3-9H,10H2,1-2H3,(H,18,21)(H,19,20). The van der Waals surface area contributed by atoms with Crippen molar-refractivity contribution in [3.63, 3.8) is 0 Å². The highest BCUT2D eigenvalue weighted by Gasteiger charge is 2.11. The number of anilines is 1. The average molecular weight is 295 g/mol. The van der Waals surface area contributed by atoms with E-state index >= 15 is 0 Å². The van der Waals surface area contributed by atoms with Crippen LogP contribution in [0.5, 0.6) is 0 Å². The summed E-state index contributed by atoms with van der Waals surface area (Å²) in [7, 11) is 1.61. The summed E-state index contributed by atoms with van der Waals surface area (Å²) < 4.78 is 5.14. The molecule has 2 aromatic carbocycles. The van der Waals surface area contributed by atoms with Crippen molar-refractivity contribution >= 4 is 22.5 Å². The van der Waals surface area contributed by atoms with Crippen LogP contribution in [0.25, 0.3) is 10.9 Å². The number of amides is 1. The number of methoxy groups -OCH3 is 1. The highest BCUT2D eigenvalue weighted by atomic mass is 16.5. The number of ether oxygens (including phenoxy) is 1. The van der Waals surface area contributed by atoms with Gasteiger partial charge in [0.05, 0.1) is 12.1 Å². The van der Waals surface area contributed by atoms with Crippen molar-refractivity contribution in [2.75, 3.05) is 12.4 Å². The Hall–Kier alpha value is -2.66. The maximum atomic E-state index is 12.5. The number of benzene rings is 2. The van der Waals surface area contributed by atoms with Gasteiger partial charge in [-0.15, -0.1) is 0 Å². The van der Waals surface area contributed by atoms with Gasteiger partial charge in [-0.05, 0) is 36.8 Å². The fourth-order valence-electron chi connectivity index (χ4n) is 2.44. The number of nitrogens with zero attached hydrogens (tertiary/aromatic N) is 1. The molecule has 1 heterocycles. The van der Waals surface area contributed by atoms with Crippen LogP contribution in [-0.4, -0.2) is 23.2 Å². The summed E-state index contributed by atoms with van der Waals surface area (Å²) in [4.78, 5) is 12.5. The number of aromatic nitrogens is 2. The van der Waals surface area contributed by atoms with Gasteiger partial charge in [0, 0.05) is 29.4 Å². The topological polar surface area (TPSA) is 67.0 Å². The van der Waals surface area contributed by atoms with Crippen LogP contribution in [0.1, 0.15) is 21.6 Å². The molecule has 112 valence electrons. The van der Waals surface area contributed by atoms with Crippen molar-refractivity contribution in [3.8, 4) is 0 Å². The predicted octanol–water partition coefficient (Wildman–Crippen LogP) is 3.27. The number of nitrogens with one attached hydrogen (secondary N) is 2. The quantitative estimate of drug-likeness (QED) is 0.776. The molecule has 3 aromatic rings. The molecule has 0 aliphatic heterocycles. The fraction of sp³-hybridized carbons (Fsp3) is 0.176. The van der Waals surface area contributed by atoms with Crippen LogP contribution in [0.2, 0.25) is 0 Å². The molecule has 0 atom stereocenters. The molecule has 1 aromatic heterocycles. The molecule has 2 N–H and O–H groups in total. The van der Waals surface area contributed by atoms with E-state index in [2.05, 4.69) is 15.5 Å². The Bertz CT molecular complexity index is 824. The summed E-state index contributed by atoms with van der Waals surface area (Å²) in [6.45, 7) is 2.37. The molecule has 0 saturated heterocycles. The number of aromatic amines is 1. The molecule has 0 aliphatic rings. The van der Waals surface area contributed by atoms with E-state index in [0.717, 1.165) is 27.8 Å². The Morgan fingerprint density at radius 2 is 2.09 bits per heavy atom. The van der Waals surface area contributed by atoms with E-state index < -0.39 is 0 Å². The SMILES string of the molecule is COCc1ccccc1C(=O)Nc1ccc2c(C)[nH]nc2c1. The van der Waals surface area contributed by atoms with Gasteiger partial charge in [-0.1, -0.05) is 18.2 Å². The number of carbonyl (C=O) groups is 1. The number of rotatable bonds is 4. The first-order valence-corrected chi connectivity index (χ1v) is 7.02. The second-order valence-corrected chi connectivity index (χ2v) is 5.12. The first kappa shape index (κ1) is 14.3. The second-order valence-electron chi connectivity index (χ2n) is 5.12. The van der Waals surface area contributed by atoms with Crippen molar-refractivity contribution < 1.29 is 9.53 Å². The Kier molecular flexibility index (Phi) is 3.89. The molecular formula is C17H17N3O2. The molecule has 5 nitrogen and oxygen atoms in total. The maximum Gasteiger partial charge on any atom is 0.256 e. The van der Waals surface area contributed by atoms with E-state index in [1.165, 1.54) is 0 Å². The third kappa shape index (κ3) is 2.71. The van der Waals surface area contributed by atoms with Crippen molar-refractivity contribution in [2.45, 2.75) is 13.5 Å². The van der Waals surface area contributed by atoms with E-state index in [9.17, 15) is 4.79 Å². The number of fused-ring (bicyclic) bond motifs is 1. The molecule has 22 heavy (non-hydrogen) atoms. The van der Waals surface area contributed by atoms with Gasteiger partial charge in [0.25, 0.3) is 5.91 Å². The van der Waals surface area contributed by atoms with Gasteiger partial charge in [-0.25, -0.2) is 0 Å². The van der Waals surface area contributed by atoms with Crippen LogP contribution >= 0.6 is 0 Å². The molecule has 5 heteroatoms. The molecule has 0 saturated carbocycles. The van der Waals surface area contributed by atoms with Crippen molar-refractivity contribution in [1.82, 2.24) is 10.2 Å². The monoisotopic (exact) mass is 295 g/mol. The summed E-state index contributed by atoms with van der Waals surface area (Å²) in [5, 5.41) is 11.1. The van der Waals surface area contributed by atoms with Crippen LogP contribution in [0.15, 0.2) is 42.5 Å². The number of carbonyl (C=O) groups excluding carboxylic acids is 1. The third-order valence-electron chi connectivity index (χ3n) is 3.57. The predicted molar refractivity (Wildman–Crippen MR) is 85.9 cm³/mol. The number of hydrogen-bond acceptors (Lipinski definition) is 3. The van der Waals surface area contributed by atoms with Crippen LogP contribution in [0.3, 0.4) is 0 Å². The summed E-state index contributed by atoms with van der Waals surface area (Å²) >= 11 is 0. The normalized spacial score (nSPS) is 10.8. The lowest BCUT2D eigenvalue weighted by Crippen LogP contribution is -2.14. The second kappa shape index (κ2) is 5.99. The Morgan fingerprint density at radius 1 is 1.27 bits per heavy atom. The molecule has 1 amide bonds. The summed E-state index contributed by atoms with van der Waals surface area (Å²) in [6.07, 6.45) is 0. The van der Waals surface area contributed by atoms with Gasteiger partial charge < -0.3 is 10.1 Å². The maximum absolute atomic E-state index is 12.5. The first-order chi connectivity index (χ1) is 10.7. The molecule has 0 spiro atoms. The van der Waals surface area contributed by atoms with Crippen molar-refractivity contribution in [1.29, 1.82) is 0 Å². The van der Waals surface area contributed by atoms with Crippen LogP contribution in [0, 0.1) is 6.92 Å². The number of H-pyrrole nitrogens is 1. The zero-order valence-electron chi connectivity index (χ0n) is 12.5. The highest BCUT2D eigenvalue weighted by Crippen LogP contribution is 2.20. The minimum atomic E-state index is -0.153. The van der Waals surface area contributed by atoms with Gasteiger partial charge in [0.1, 0.15) is 0 Å². The fourth-order valence-corrected chi connectivity index (χ4v) is 2.44. The van der Waals surface area contributed by atoms with Gasteiger partial charge in [-0.2, -0.15) is 5.10 Å². The van der Waals surface area contributed by atoms with E-state index in [0.29, 0.717) is 12.2 Å². The zero-order valence-corrected chi connectivity index (χ0v) is 12.5. The van der Waals surface area contributed by atoms with E-state index in [1.54, 1.807) is 13.2 Å². The summed E-state index contributed by atoms with van der Waals surface area (Å²) in [5.74, 6) is -0.153. The molecule has 0 fully saturated rings. The molecule has 0 bridgehead atoms. The van der Waals surface area contributed by atoms with Gasteiger partial charge >= 0.3 is 0 Å². The van der Waals surface area contributed by atoms with Crippen molar-refractivity contribution in [3.05, 3.63) is 59.3 Å². The minimum absolute atomic E-state index is 0.153. The first-order valence-electron chi connectivity index (χ1n) is 7.02. The largest absolute Gasteiger partial charge is 0.380 e. The van der Waals surface area contributed by atoms with Gasteiger partial charge in [-0.3, -0.25) is 9.89 Å². The Morgan fingerprint density at radius 3 is 2.91 bits per heavy atom. The van der Waals surface area contributed by atoms with E-state index in [4.69, 9.17) is 4.74 Å². The number of hydrogen-bond donors (Lipinski definition) is 2. The Balaban J connectivity index is 1.86. The highest BCUT2D eigenvalue weighted by molar-refractivity contribution is 6.06. The molecule has 0 unspecified atom stereocenters. The molecule has 0 aliphatic carbocycles. The summed E-state index contributed by atoms with van der Waals surface area (Å²) in [5.41, 5.74) is 4.04.